The molecule has 0 N–H and O–H groups in total. The van der Waals surface area contributed by atoms with Gasteiger partial charge in [-0.25, -0.2) is 9.97 Å². The molecule has 0 fully saturated rings. The summed E-state index contributed by atoms with van der Waals surface area (Å²) < 4.78 is 5.57. The van der Waals surface area contributed by atoms with E-state index in [1.165, 1.54) is 0 Å². The second-order valence-electron chi connectivity index (χ2n) is 1.39. The zero-order valence-electron chi connectivity index (χ0n) is 4.84. The molecule has 0 bridgehead atoms. The zero-order chi connectivity index (χ0) is 6.69. The maximum absolute atomic E-state index is 4.84. The van der Waals surface area contributed by atoms with Crippen molar-refractivity contribution in [3.63, 3.8) is 0 Å². The number of halogens is 1. The molecule has 1 heterocycles. The van der Waals surface area contributed by atoms with E-state index in [4.69, 9.17) is 4.74 Å². The molecule has 0 spiro atoms. The normalized spacial score (nSPS) is 9.11. The van der Waals surface area contributed by atoms with Gasteiger partial charge >= 0.3 is 0 Å². The molecule has 0 aliphatic carbocycles. The third-order valence-corrected chi connectivity index (χ3v) is 1.39. The molecular formula is C5H5IN2O. The van der Waals surface area contributed by atoms with E-state index < -0.39 is 0 Å². The van der Waals surface area contributed by atoms with E-state index >= 15 is 0 Å². The number of hydrogen-bond acceptors (Lipinski definition) is 3. The standard InChI is InChI=1S/C5H5IN2O/c1-9-4-2-7-5(6)8-3-4/h2-3H,1H3. The molecule has 1 aromatic heterocycles. The van der Waals surface area contributed by atoms with Crippen LogP contribution in [0.3, 0.4) is 0 Å². The largest absolute Gasteiger partial charge is 0.494 e. The maximum Gasteiger partial charge on any atom is 0.190 e. The van der Waals surface area contributed by atoms with Gasteiger partial charge in [0.05, 0.1) is 19.5 Å². The van der Waals surface area contributed by atoms with Gasteiger partial charge < -0.3 is 4.74 Å². The number of aromatic nitrogens is 2. The average molecular weight is 236 g/mol. The van der Waals surface area contributed by atoms with Crippen molar-refractivity contribution >= 4 is 22.6 Å². The van der Waals surface area contributed by atoms with Crippen molar-refractivity contribution < 1.29 is 4.74 Å². The zero-order valence-corrected chi connectivity index (χ0v) is 6.99. The topological polar surface area (TPSA) is 35.0 Å². The molecule has 0 atom stereocenters. The van der Waals surface area contributed by atoms with Gasteiger partial charge in [-0.2, -0.15) is 0 Å². The van der Waals surface area contributed by atoms with E-state index in [-0.39, 0.29) is 0 Å². The molecule has 0 saturated heterocycles. The predicted molar refractivity (Wildman–Crippen MR) is 41.3 cm³/mol. The van der Waals surface area contributed by atoms with Crippen LogP contribution in [0.2, 0.25) is 0 Å². The molecule has 0 aliphatic heterocycles. The first-order chi connectivity index (χ1) is 4.33. The lowest BCUT2D eigenvalue weighted by Gasteiger charge is -1.94. The van der Waals surface area contributed by atoms with Gasteiger partial charge in [0.15, 0.2) is 9.58 Å². The molecule has 0 aliphatic rings. The molecular weight excluding hydrogens is 231 g/mol. The molecule has 0 amide bonds. The Hall–Kier alpha value is -0.390. The van der Waals surface area contributed by atoms with Crippen molar-refractivity contribution in [3.05, 3.63) is 16.2 Å². The van der Waals surface area contributed by atoms with E-state index in [1.54, 1.807) is 19.5 Å². The van der Waals surface area contributed by atoms with E-state index in [0.29, 0.717) is 5.75 Å². The van der Waals surface area contributed by atoms with E-state index in [2.05, 4.69) is 9.97 Å². The summed E-state index contributed by atoms with van der Waals surface area (Å²) in [7, 11) is 1.59. The van der Waals surface area contributed by atoms with Crippen molar-refractivity contribution in [1.82, 2.24) is 9.97 Å². The highest BCUT2D eigenvalue weighted by Crippen LogP contribution is 2.04. The molecule has 0 aromatic carbocycles. The summed E-state index contributed by atoms with van der Waals surface area (Å²) in [5.41, 5.74) is 0. The molecule has 0 unspecified atom stereocenters. The van der Waals surface area contributed by atoms with Crippen LogP contribution in [0.15, 0.2) is 12.4 Å². The molecule has 4 heteroatoms. The average Bonchev–Trinajstić information content (AvgIpc) is 1.90. The first kappa shape index (κ1) is 6.73. The van der Waals surface area contributed by atoms with Gasteiger partial charge in [-0.05, 0) is 0 Å². The third-order valence-electron chi connectivity index (χ3n) is 0.832. The van der Waals surface area contributed by atoms with Crippen molar-refractivity contribution in [2.24, 2.45) is 0 Å². The Bertz CT molecular complexity index is 187. The van der Waals surface area contributed by atoms with Gasteiger partial charge in [0, 0.05) is 22.6 Å². The predicted octanol–water partition coefficient (Wildman–Crippen LogP) is 1.09. The Morgan fingerprint density at radius 2 is 2.00 bits per heavy atom. The number of ether oxygens (including phenoxy) is 1. The van der Waals surface area contributed by atoms with Crippen LogP contribution in [-0.4, -0.2) is 17.1 Å². The summed E-state index contributed by atoms with van der Waals surface area (Å²) in [6.45, 7) is 0. The van der Waals surface area contributed by atoms with Crippen LogP contribution in [0.25, 0.3) is 0 Å². The minimum Gasteiger partial charge on any atom is -0.494 e. The fraction of sp³-hybridized carbons (Fsp3) is 0.200. The van der Waals surface area contributed by atoms with Crippen LogP contribution < -0.4 is 4.74 Å². The Balaban J connectivity index is 2.88. The van der Waals surface area contributed by atoms with E-state index in [0.717, 1.165) is 3.83 Å². The summed E-state index contributed by atoms with van der Waals surface area (Å²) in [6.07, 6.45) is 3.27. The lowest BCUT2D eigenvalue weighted by molar-refractivity contribution is 0.410. The van der Waals surface area contributed by atoms with Crippen LogP contribution in [0.5, 0.6) is 5.75 Å². The first-order valence-corrected chi connectivity index (χ1v) is 3.42. The van der Waals surface area contributed by atoms with Gasteiger partial charge in [0.25, 0.3) is 0 Å². The molecule has 1 rings (SSSR count). The Morgan fingerprint density at radius 3 is 2.44 bits per heavy atom. The Morgan fingerprint density at radius 1 is 1.44 bits per heavy atom. The minimum atomic E-state index is 0.690. The van der Waals surface area contributed by atoms with E-state index in [9.17, 15) is 0 Å². The second kappa shape index (κ2) is 2.95. The molecule has 3 nitrogen and oxygen atoms in total. The van der Waals surface area contributed by atoms with Crippen LogP contribution >= 0.6 is 22.6 Å². The van der Waals surface area contributed by atoms with Crippen molar-refractivity contribution in [1.29, 1.82) is 0 Å². The van der Waals surface area contributed by atoms with E-state index in [1.807, 2.05) is 22.6 Å². The van der Waals surface area contributed by atoms with Crippen molar-refractivity contribution in [2.75, 3.05) is 7.11 Å². The van der Waals surface area contributed by atoms with Gasteiger partial charge in [-0.3, -0.25) is 0 Å². The van der Waals surface area contributed by atoms with Gasteiger partial charge in [0.1, 0.15) is 0 Å². The molecule has 1 aromatic rings. The number of methoxy groups -OCH3 is 1. The van der Waals surface area contributed by atoms with Gasteiger partial charge in [0.2, 0.25) is 0 Å². The highest BCUT2D eigenvalue weighted by Gasteiger charge is 1.89. The first-order valence-electron chi connectivity index (χ1n) is 2.34. The van der Waals surface area contributed by atoms with Gasteiger partial charge in [-0.1, -0.05) is 0 Å². The highest BCUT2D eigenvalue weighted by molar-refractivity contribution is 14.1. The monoisotopic (exact) mass is 236 g/mol. The molecule has 0 saturated carbocycles. The molecule has 9 heavy (non-hydrogen) atoms. The highest BCUT2D eigenvalue weighted by atomic mass is 127. The van der Waals surface area contributed by atoms with Crippen molar-refractivity contribution in [2.45, 2.75) is 0 Å². The number of hydrogen-bond donors (Lipinski definition) is 0. The fourth-order valence-corrected chi connectivity index (χ4v) is 0.684. The SMILES string of the molecule is COc1cnc(I)nc1. The Kier molecular flexibility index (Phi) is 2.21. The summed E-state index contributed by atoms with van der Waals surface area (Å²) in [4.78, 5) is 7.80. The lowest BCUT2D eigenvalue weighted by atomic mass is 10.6. The second-order valence-corrected chi connectivity index (χ2v) is 2.36. The fourth-order valence-electron chi connectivity index (χ4n) is 0.406. The minimum absolute atomic E-state index is 0.690. The molecule has 48 valence electrons. The third kappa shape index (κ3) is 1.78. The number of rotatable bonds is 1. The van der Waals surface area contributed by atoms with Crippen LogP contribution in [0.4, 0.5) is 0 Å². The maximum atomic E-state index is 4.84. The summed E-state index contributed by atoms with van der Waals surface area (Å²) >= 11 is 2.04. The summed E-state index contributed by atoms with van der Waals surface area (Å²) in [6, 6.07) is 0. The lowest BCUT2D eigenvalue weighted by Crippen LogP contribution is -1.88. The smallest absolute Gasteiger partial charge is 0.190 e. The summed E-state index contributed by atoms with van der Waals surface area (Å²) in [5.74, 6) is 0.690. The number of nitrogens with zero attached hydrogens (tertiary/aromatic N) is 2. The van der Waals surface area contributed by atoms with Crippen LogP contribution in [-0.2, 0) is 0 Å². The Labute approximate surface area is 66.6 Å². The van der Waals surface area contributed by atoms with Crippen molar-refractivity contribution in [3.8, 4) is 5.75 Å². The van der Waals surface area contributed by atoms with Gasteiger partial charge in [-0.15, -0.1) is 0 Å². The van der Waals surface area contributed by atoms with Crippen LogP contribution in [0.1, 0.15) is 0 Å². The summed E-state index contributed by atoms with van der Waals surface area (Å²) in [5, 5.41) is 0. The molecule has 0 radical (unpaired) electrons. The van der Waals surface area contributed by atoms with Crippen LogP contribution in [0, 0.1) is 3.83 Å². The quantitative estimate of drug-likeness (QED) is 0.540.